The van der Waals surface area contributed by atoms with Gasteiger partial charge in [-0.1, -0.05) is 0 Å². The highest BCUT2D eigenvalue weighted by Crippen LogP contribution is 2.23. The van der Waals surface area contributed by atoms with Crippen LogP contribution < -0.4 is 5.32 Å². The molecule has 0 aromatic heterocycles. The second kappa shape index (κ2) is 8.94. The average molecular weight is 326 g/mol. The highest BCUT2D eigenvalue weighted by Gasteiger charge is 2.43. The maximum Gasteiger partial charge on any atom is 0.471 e. The van der Waals surface area contributed by atoms with Crippen LogP contribution in [0.1, 0.15) is 12.8 Å². The second-order valence-corrected chi connectivity index (χ2v) is 5.08. The molecule has 1 rings (SSSR count). The first-order valence-corrected chi connectivity index (χ1v) is 7.04. The van der Waals surface area contributed by atoms with E-state index in [1.807, 2.05) is 0 Å². The van der Waals surface area contributed by atoms with Crippen LogP contribution in [0.25, 0.3) is 0 Å². The Kier molecular flexibility index (Phi) is 7.60. The zero-order valence-electron chi connectivity index (χ0n) is 12.4. The summed E-state index contributed by atoms with van der Waals surface area (Å²) in [6.45, 7) is 1.14. The van der Waals surface area contributed by atoms with E-state index in [0.717, 1.165) is 4.90 Å². The number of carbonyl (C=O) groups is 2. The number of piperidine rings is 1. The van der Waals surface area contributed by atoms with Gasteiger partial charge in [0.15, 0.2) is 0 Å². The van der Waals surface area contributed by atoms with Crippen LogP contribution in [0.3, 0.4) is 0 Å². The van der Waals surface area contributed by atoms with Gasteiger partial charge in [0.25, 0.3) is 0 Å². The van der Waals surface area contributed by atoms with Gasteiger partial charge in [0, 0.05) is 26.7 Å². The molecule has 0 bridgehead atoms. The van der Waals surface area contributed by atoms with Crippen LogP contribution in [0.15, 0.2) is 0 Å². The number of rotatable bonds is 7. The Morgan fingerprint density at radius 2 is 1.86 bits per heavy atom. The van der Waals surface area contributed by atoms with E-state index in [1.54, 1.807) is 0 Å². The Labute approximate surface area is 126 Å². The standard InChI is InChI=1S/C13H21F3N2O4/c1-21-6-7-22-9-11(19)17-8-10-2-4-18(5-3-10)12(20)13(14,15)16/h10H,2-9H2,1H3,(H,17,19). The van der Waals surface area contributed by atoms with Crippen molar-refractivity contribution in [1.82, 2.24) is 10.2 Å². The van der Waals surface area contributed by atoms with Crippen molar-refractivity contribution in [3.8, 4) is 0 Å². The molecule has 0 aromatic carbocycles. The number of likely N-dealkylation sites (tertiary alicyclic amines) is 1. The summed E-state index contributed by atoms with van der Waals surface area (Å²) in [6.07, 6.45) is -3.94. The van der Waals surface area contributed by atoms with Crippen LogP contribution in [0.4, 0.5) is 13.2 Å². The van der Waals surface area contributed by atoms with Crippen LogP contribution in [-0.4, -0.2) is 69.5 Å². The van der Waals surface area contributed by atoms with Gasteiger partial charge in [-0.2, -0.15) is 13.2 Å². The van der Waals surface area contributed by atoms with Crippen molar-refractivity contribution >= 4 is 11.8 Å². The number of amides is 2. The fraction of sp³-hybridized carbons (Fsp3) is 0.846. The van der Waals surface area contributed by atoms with Gasteiger partial charge in [0.1, 0.15) is 6.61 Å². The highest BCUT2D eigenvalue weighted by molar-refractivity contribution is 5.81. The lowest BCUT2D eigenvalue weighted by Crippen LogP contribution is -2.46. The molecule has 1 aliphatic heterocycles. The van der Waals surface area contributed by atoms with E-state index in [-0.39, 0.29) is 31.5 Å². The van der Waals surface area contributed by atoms with Gasteiger partial charge < -0.3 is 19.7 Å². The monoisotopic (exact) mass is 326 g/mol. The summed E-state index contributed by atoms with van der Waals surface area (Å²) in [5.41, 5.74) is 0. The van der Waals surface area contributed by atoms with Crippen molar-refractivity contribution in [2.75, 3.05) is 46.6 Å². The molecule has 0 atom stereocenters. The second-order valence-electron chi connectivity index (χ2n) is 5.08. The van der Waals surface area contributed by atoms with Crippen molar-refractivity contribution < 1.29 is 32.2 Å². The van der Waals surface area contributed by atoms with Crippen LogP contribution in [0, 0.1) is 5.92 Å². The Morgan fingerprint density at radius 1 is 1.23 bits per heavy atom. The fourth-order valence-electron chi connectivity index (χ4n) is 2.14. The number of carbonyl (C=O) groups excluding carboxylic acids is 2. The Bertz CT molecular complexity index is 369. The number of nitrogens with zero attached hydrogens (tertiary/aromatic N) is 1. The van der Waals surface area contributed by atoms with E-state index in [9.17, 15) is 22.8 Å². The van der Waals surface area contributed by atoms with E-state index < -0.39 is 12.1 Å². The number of methoxy groups -OCH3 is 1. The summed E-state index contributed by atoms with van der Waals surface area (Å²) >= 11 is 0. The maximum atomic E-state index is 12.3. The molecule has 0 aromatic rings. The van der Waals surface area contributed by atoms with Crippen LogP contribution in [-0.2, 0) is 19.1 Å². The van der Waals surface area contributed by atoms with Crippen LogP contribution in [0.2, 0.25) is 0 Å². The molecule has 1 heterocycles. The molecule has 1 N–H and O–H groups in total. The maximum absolute atomic E-state index is 12.3. The molecule has 1 saturated heterocycles. The number of nitrogens with one attached hydrogen (secondary N) is 1. The third-order valence-corrected chi connectivity index (χ3v) is 3.40. The molecule has 22 heavy (non-hydrogen) atoms. The van der Waals surface area contributed by atoms with Gasteiger partial charge in [0.05, 0.1) is 13.2 Å². The minimum atomic E-state index is -4.82. The highest BCUT2D eigenvalue weighted by atomic mass is 19.4. The molecule has 0 aliphatic carbocycles. The molecule has 0 radical (unpaired) electrons. The van der Waals surface area contributed by atoms with Crippen LogP contribution >= 0.6 is 0 Å². The third-order valence-electron chi connectivity index (χ3n) is 3.40. The first-order valence-electron chi connectivity index (χ1n) is 7.04. The molecule has 128 valence electrons. The lowest BCUT2D eigenvalue weighted by Gasteiger charge is -2.32. The molecule has 1 fully saturated rings. The average Bonchev–Trinajstić information content (AvgIpc) is 2.48. The Hall–Kier alpha value is -1.35. The zero-order chi connectivity index (χ0) is 16.6. The molecule has 6 nitrogen and oxygen atoms in total. The topological polar surface area (TPSA) is 67.9 Å². The molecule has 0 spiro atoms. The number of halogens is 3. The van der Waals surface area contributed by atoms with E-state index in [4.69, 9.17) is 9.47 Å². The van der Waals surface area contributed by atoms with Gasteiger partial charge in [-0.25, -0.2) is 0 Å². The third kappa shape index (κ3) is 6.61. The number of alkyl halides is 3. The summed E-state index contributed by atoms with van der Waals surface area (Å²) in [7, 11) is 1.53. The first-order chi connectivity index (χ1) is 10.3. The van der Waals surface area contributed by atoms with Crippen molar-refractivity contribution in [1.29, 1.82) is 0 Å². The zero-order valence-corrected chi connectivity index (χ0v) is 12.4. The van der Waals surface area contributed by atoms with Gasteiger partial charge in [-0.05, 0) is 18.8 Å². The van der Waals surface area contributed by atoms with Gasteiger partial charge in [-0.15, -0.1) is 0 Å². The van der Waals surface area contributed by atoms with Crippen molar-refractivity contribution in [3.05, 3.63) is 0 Å². The van der Waals surface area contributed by atoms with E-state index in [2.05, 4.69) is 5.32 Å². The summed E-state index contributed by atoms with van der Waals surface area (Å²) in [5, 5.41) is 2.67. The number of ether oxygens (including phenoxy) is 2. The largest absolute Gasteiger partial charge is 0.471 e. The quantitative estimate of drug-likeness (QED) is 0.695. The Morgan fingerprint density at radius 3 is 2.41 bits per heavy atom. The van der Waals surface area contributed by atoms with Gasteiger partial charge >= 0.3 is 12.1 Å². The first kappa shape index (κ1) is 18.7. The normalized spacial score (nSPS) is 16.6. The predicted molar refractivity (Wildman–Crippen MR) is 71.1 cm³/mol. The molecule has 1 aliphatic rings. The molecule has 0 unspecified atom stereocenters. The number of hydrogen-bond donors (Lipinski definition) is 1. The fourth-order valence-corrected chi connectivity index (χ4v) is 2.14. The van der Waals surface area contributed by atoms with E-state index in [0.29, 0.717) is 32.6 Å². The predicted octanol–water partition coefficient (Wildman–Crippen LogP) is 0.566. The Balaban J connectivity index is 2.18. The smallest absolute Gasteiger partial charge is 0.382 e. The minimum Gasteiger partial charge on any atom is -0.382 e. The van der Waals surface area contributed by atoms with Crippen molar-refractivity contribution in [2.24, 2.45) is 5.92 Å². The molecular formula is C13H21F3N2O4. The van der Waals surface area contributed by atoms with Gasteiger partial charge in [0.2, 0.25) is 5.91 Å². The van der Waals surface area contributed by atoms with E-state index in [1.165, 1.54) is 7.11 Å². The summed E-state index contributed by atoms with van der Waals surface area (Å²) in [4.78, 5) is 23.3. The van der Waals surface area contributed by atoms with Crippen molar-refractivity contribution in [2.45, 2.75) is 19.0 Å². The molecular weight excluding hydrogens is 305 g/mol. The number of hydrogen-bond acceptors (Lipinski definition) is 4. The van der Waals surface area contributed by atoms with Crippen molar-refractivity contribution in [3.63, 3.8) is 0 Å². The van der Waals surface area contributed by atoms with E-state index >= 15 is 0 Å². The summed E-state index contributed by atoms with van der Waals surface area (Å²) in [6, 6.07) is 0. The van der Waals surface area contributed by atoms with Crippen LogP contribution in [0.5, 0.6) is 0 Å². The molecule has 9 heteroatoms. The molecule has 0 saturated carbocycles. The lowest BCUT2D eigenvalue weighted by molar-refractivity contribution is -0.186. The SMILES string of the molecule is COCCOCC(=O)NCC1CCN(C(=O)C(F)(F)F)CC1. The summed E-state index contributed by atoms with van der Waals surface area (Å²) in [5.74, 6) is -1.99. The molecule has 2 amide bonds. The summed E-state index contributed by atoms with van der Waals surface area (Å²) < 4.78 is 46.7. The minimum absolute atomic E-state index is 0.0587. The van der Waals surface area contributed by atoms with Gasteiger partial charge in [-0.3, -0.25) is 9.59 Å². The lowest BCUT2D eigenvalue weighted by atomic mass is 9.96.